The molecule has 0 aliphatic heterocycles. The number of benzene rings is 1. The van der Waals surface area contributed by atoms with Gasteiger partial charge in [-0.15, -0.1) is 0 Å². The molecule has 0 atom stereocenters. The van der Waals surface area contributed by atoms with Gasteiger partial charge in [0.15, 0.2) is 0 Å². The molecule has 0 spiro atoms. The maximum Gasteiger partial charge on any atom is 0.124 e. The van der Waals surface area contributed by atoms with Crippen LogP contribution < -0.4 is 5.73 Å². The highest BCUT2D eigenvalue weighted by atomic mass is 19.1. The van der Waals surface area contributed by atoms with Crippen LogP contribution in [0, 0.1) is 23.6 Å². The maximum absolute atomic E-state index is 13.4. The molecule has 1 aromatic rings. The van der Waals surface area contributed by atoms with Crippen molar-refractivity contribution >= 4 is 0 Å². The standard InChI is InChI=1S/C18H25FN2/c1-14-5-9-18(10-6-14)21(2)13-16-7-8-17(19)12-15(16)4-3-11-20/h7-8,12,14,18H,5-6,9-11,13,20H2,1-2H3. The number of nitrogens with zero attached hydrogens (tertiary/aromatic N) is 1. The second-order valence-corrected chi connectivity index (χ2v) is 6.14. The second-order valence-electron chi connectivity index (χ2n) is 6.14. The molecule has 1 aliphatic carbocycles. The minimum atomic E-state index is -0.241. The molecular formula is C18H25FN2. The number of hydrogen-bond acceptors (Lipinski definition) is 2. The van der Waals surface area contributed by atoms with Crippen LogP contribution in [-0.2, 0) is 6.54 Å². The summed E-state index contributed by atoms with van der Waals surface area (Å²) >= 11 is 0. The third-order valence-corrected chi connectivity index (χ3v) is 4.43. The van der Waals surface area contributed by atoms with Gasteiger partial charge in [-0.05, 0) is 56.3 Å². The van der Waals surface area contributed by atoms with Crippen LogP contribution in [0.25, 0.3) is 0 Å². The monoisotopic (exact) mass is 288 g/mol. The summed E-state index contributed by atoms with van der Waals surface area (Å²) in [4.78, 5) is 2.38. The molecule has 21 heavy (non-hydrogen) atoms. The molecule has 1 aliphatic rings. The van der Waals surface area contributed by atoms with Gasteiger partial charge in [0, 0.05) is 18.2 Å². The first-order chi connectivity index (χ1) is 10.1. The van der Waals surface area contributed by atoms with Gasteiger partial charge in [-0.2, -0.15) is 0 Å². The quantitative estimate of drug-likeness (QED) is 0.866. The van der Waals surface area contributed by atoms with E-state index in [0.717, 1.165) is 23.6 Å². The first kappa shape index (κ1) is 16.0. The molecule has 0 saturated heterocycles. The summed E-state index contributed by atoms with van der Waals surface area (Å²) in [6.07, 6.45) is 5.11. The Balaban J connectivity index is 2.08. The van der Waals surface area contributed by atoms with Crippen molar-refractivity contribution in [3.63, 3.8) is 0 Å². The Morgan fingerprint density at radius 3 is 2.67 bits per heavy atom. The summed E-state index contributed by atoms with van der Waals surface area (Å²) in [5, 5.41) is 0. The molecule has 114 valence electrons. The first-order valence-electron chi connectivity index (χ1n) is 7.77. The van der Waals surface area contributed by atoms with Gasteiger partial charge < -0.3 is 5.73 Å². The SMILES string of the molecule is CC1CCC(N(C)Cc2ccc(F)cc2C#CCN)CC1. The third kappa shape index (κ3) is 4.56. The molecule has 2 rings (SSSR count). The van der Waals surface area contributed by atoms with Gasteiger partial charge in [0.25, 0.3) is 0 Å². The largest absolute Gasteiger partial charge is 0.320 e. The highest BCUT2D eigenvalue weighted by molar-refractivity contribution is 5.41. The van der Waals surface area contributed by atoms with E-state index in [2.05, 4.69) is 30.7 Å². The molecule has 0 amide bonds. The molecule has 1 saturated carbocycles. The molecular weight excluding hydrogens is 263 g/mol. The van der Waals surface area contributed by atoms with Crippen LogP contribution in [-0.4, -0.2) is 24.5 Å². The highest BCUT2D eigenvalue weighted by Gasteiger charge is 2.22. The Morgan fingerprint density at radius 2 is 2.00 bits per heavy atom. The second kappa shape index (κ2) is 7.59. The fourth-order valence-corrected chi connectivity index (χ4v) is 3.03. The Labute approximate surface area is 127 Å². The molecule has 0 unspecified atom stereocenters. The fraction of sp³-hybridized carbons (Fsp3) is 0.556. The normalized spacial score (nSPS) is 22.0. The lowest BCUT2D eigenvalue weighted by Gasteiger charge is -2.33. The summed E-state index contributed by atoms with van der Waals surface area (Å²) in [7, 11) is 2.16. The number of rotatable bonds is 3. The lowest BCUT2D eigenvalue weighted by molar-refractivity contribution is 0.164. The summed E-state index contributed by atoms with van der Waals surface area (Å²) in [5.74, 6) is 6.42. The molecule has 1 fully saturated rings. The van der Waals surface area contributed by atoms with E-state index in [1.807, 2.05) is 6.07 Å². The van der Waals surface area contributed by atoms with Gasteiger partial charge in [-0.25, -0.2) is 4.39 Å². The van der Waals surface area contributed by atoms with Crippen LogP contribution >= 0.6 is 0 Å². The van der Waals surface area contributed by atoms with Crippen molar-refractivity contribution in [3.8, 4) is 11.8 Å². The summed E-state index contributed by atoms with van der Waals surface area (Å²) in [5.41, 5.74) is 7.26. The predicted octanol–water partition coefficient (Wildman–Crippen LogP) is 3.15. The topological polar surface area (TPSA) is 29.3 Å². The summed E-state index contributed by atoms with van der Waals surface area (Å²) < 4.78 is 13.4. The van der Waals surface area contributed by atoms with E-state index in [9.17, 15) is 4.39 Å². The van der Waals surface area contributed by atoms with Crippen molar-refractivity contribution in [1.82, 2.24) is 4.90 Å². The van der Waals surface area contributed by atoms with Crippen LogP contribution in [0.3, 0.4) is 0 Å². The van der Waals surface area contributed by atoms with E-state index in [1.54, 1.807) is 0 Å². The molecule has 0 radical (unpaired) electrons. The number of nitrogens with two attached hydrogens (primary N) is 1. The summed E-state index contributed by atoms with van der Waals surface area (Å²) in [6, 6.07) is 5.49. The molecule has 0 heterocycles. The van der Waals surface area contributed by atoms with Gasteiger partial charge in [-0.1, -0.05) is 24.8 Å². The van der Waals surface area contributed by atoms with Crippen molar-refractivity contribution in [2.75, 3.05) is 13.6 Å². The predicted molar refractivity (Wildman–Crippen MR) is 85.2 cm³/mol. The van der Waals surface area contributed by atoms with Crippen molar-refractivity contribution in [2.24, 2.45) is 11.7 Å². The van der Waals surface area contributed by atoms with Gasteiger partial charge >= 0.3 is 0 Å². The van der Waals surface area contributed by atoms with Crippen LogP contribution in [0.5, 0.6) is 0 Å². The Bertz CT molecular complexity index is 522. The number of hydrogen-bond donors (Lipinski definition) is 1. The van der Waals surface area contributed by atoms with E-state index in [-0.39, 0.29) is 5.82 Å². The van der Waals surface area contributed by atoms with Gasteiger partial charge in [0.05, 0.1) is 6.54 Å². The van der Waals surface area contributed by atoms with E-state index in [0.29, 0.717) is 12.6 Å². The van der Waals surface area contributed by atoms with Crippen LogP contribution in [0.4, 0.5) is 4.39 Å². The minimum absolute atomic E-state index is 0.241. The van der Waals surface area contributed by atoms with E-state index < -0.39 is 0 Å². The van der Waals surface area contributed by atoms with Crippen molar-refractivity contribution in [1.29, 1.82) is 0 Å². The Morgan fingerprint density at radius 1 is 1.29 bits per heavy atom. The highest BCUT2D eigenvalue weighted by Crippen LogP contribution is 2.27. The Hall–Kier alpha value is -1.37. The average molecular weight is 288 g/mol. The molecule has 2 N–H and O–H groups in total. The van der Waals surface area contributed by atoms with Crippen LogP contribution in [0.2, 0.25) is 0 Å². The van der Waals surface area contributed by atoms with E-state index in [4.69, 9.17) is 5.73 Å². The first-order valence-corrected chi connectivity index (χ1v) is 7.77. The molecule has 1 aromatic carbocycles. The zero-order valence-corrected chi connectivity index (χ0v) is 13.0. The van der Waals surface area contributed by atoms with E-state index in [1.165, 1.54) is 37.8 Å². The minimum Gasteiger partial charge on any atom is -0.320 e. The maximum atomic E-state index is 13.4. The van der Waals surface area contributed by atoms with Gasteiger partial charge in [0.1, 0.15) is 5.82 Å². The zero-order valence-electron chi connectivity index (χ0n) is 13.0. The van der Waals surface area contributed by atoms with Crippen molar-refractivity contribution in [3.05, 3.63) is 35.1 Å². The molecule has 3 heteroatoms. The molecule has 0 bridgehead atoms. The average Bonchev–Trinajstić information content (AvgIpc) is 2.48. The van der Waals surface area contributed by atoms with Crippen LogP contribution in [0.15, 0.2) is 18.2 Å². The lowest BCUT2D eigenvalue weighted by atomic mass is 9.86. The van der Waals surface area contributed by atoms with Gasteiger partial charge in [-0.3, -0.25) is 4.90 Å². The molecule has 2 nitrogen and oxygen atoms in total. The zero-order chi connectivity index (χ0) is 15.2. The van der Waals surface area contributed by atoms with Crippen LogP contribution in [0.1, 0.15) is 43.7 Å². The van der Waals surface area contributed by atoms with Gasteiger partial charge in [0.2, 0.25) is 0 Å². The summed E-state index contributed by atoms with van der Waals surface area (Å²) in [6.45, 7) is 3.44. The smallest absolute Gasteiger partial charge is 0.124 e. The fourth-order valence-electron chi connectivity index (χ4n) is 3.03. The number of halogens is 1. The van der Waals surface area contributed by atoms with E-state index >= 15 is 0 Å². The van der Waals surface area contributed by atoms with Crippen molar-refractivity contribution in [2.45, 2.75) is 45.2 Å². The van der Waals surface area contributed by atoms with Crippen molar-refractivity contribution < 1.29 is 4.39 Å². The lowest BCUT2D eigenvalue weighted by Crippen LogP contribution is -2.34. The third-order valence-electron chi connectivity index (χ3n) is 4.43. The Kier molecular flexibility index (Phi) is 5.78. The molecule has 0 aromatic heterocycles.